The van der Waals surface area contributed by atoms with Gasteiger partial charge in [0.1, 0.15) is 0 Å². The Morgan fingerprint density at radius 1 is 1.32 bits per heavy atom. The molecule has 2 rings (SSSR count). The number of piperidine rings is 1. The van der Waals surface area contributed by atoms with Crippen LogP contribution in [0.3, 0.4) is 0 Å². The lowest BCUT2D eigenvalue weighted by Gasteiger charge is -2.33. The van der Waals surface area contributed by atoms with E-state index < -0.39 is 0 Å². The molecule has 0 bridgehead atoms. The van der Waals surface area contributed by atoms with Crippen molar-refractivity contribution in [3.63, 3.8) is 0 Å². The number of hydrogen-bond acceptors (Lipinski definition) is 5. The van der Waals surface area contributed by atoms with Crippen LogP contribution in [0.4, 0.5) is 0 Å². The zero-order valence-electron chi connectivity index (χ0n) is 17.7. The highest BCUT2D eigenvalue weighted by Gasteiger charge is 2.22. The first-order valence-electron chi connectivity index (χ1n) is 9.79. The van der Waals surface area contributed by atoms with Crippen LogP contribution in [0.2, 0.25) is 0 Å². The fourth-order valence-corrected chi connectivity index (χ4v) is 4.08. The summed E-state index contributed by atoms with van der Waals surface area (Å²) < 4.78 is 0. The summed E-state index contributed by atoms with van der Waals surface area (Å²) in [5.74, 6) is 1.06. The van der Waals surface area contributed by atoms with Crippen molar-refractivity contribution in [2.75, 3.05) is 46.8 Å². The van der Waals surface area contributed by atoms with Crippen molar-refractivity contribution < 1.29 is 4.79 Å². The van der Waals surface area contributed by atoms with Crippen LogP contribution in [-0.4, -0.2) is 79.5 Å². The smallest absolute Gasteiger partial charge is 0.236 e. The maximum Gasteiger partial charge on any atom is 0.236 e. The zero-order valence-corrected chi connectivity index (χ0v) is 20.9. The highest BCUT2D eigenvalue weighted by Crippen LogP contribution is 2.17. The Hall–Kier alpha value is -0.940. The summed E-state index contributed by atoms with van der Waals surface area (Å²) in [6, 6.07) is 0.404. The number of thiazole rings is 1. The Balaban J connectivity index is 0.00000392. The summed E-state index contributed by atoms with van der Waals surface area (Å²) in [7, 11) is 3.62. The zero-order chi connectivity index (χ0) is 19.8. The Labute approximate surface area is 190 Å². The van der Waals surface area contributed by atoms with E-state index in [1.807, 2.05) is 14.1 Å². The van der Waals surface area contributed by atoms with Crippen molar-refractivity contribution >= 4 is 47.2 Å². The number of aryl methyl sites for hydroxylation is 2. The standard InChI is InChI=1S/C19H34N6OS.HI/c1-6-20-19(21-10-7-17-14(2)22-15(3)27-17)23-16-8-11-25(12-9-16)13-18(26)24(4)5;/h16H,6-13H2,1-5H3,(H2,20,21,23);1H. The van der Waals surface area contributed by atoms with Gasteiger partial charge >= 0.3 is 0 Å². The molecule has 28 heavy (non-hydrogen) atoms. The molecule has 0 spiro atoms. The van der Waals surface area contributed by atoms with Gasteiger partial charge in [0, 0.05) is 57.6 Å². The van der Waals surface area contributed by atoms with Crippen molar-refractivity contribution in [1.82, 2.24) is 25.4 Å². The summed E-state index contributed by atoms with van der Waals surface area (Å²) >= 11 is 1.76. The molecule has 1 saturated heterocycles. The maximum absolute atomic E-state index is 11.9. The lowest BCUT2D eigenvalue weighted by Crippen LogP contribution is -2.50. The maximum atomic E-state index is 11.9. The van der Waals surface area contributed by atoms with Crippen LogP contribution >= 0.6 is 35.3 Å². The van der Waals surface area contributed by atoms with Gasteiger partial charge in [0.15, 0.2) is 5.96 Å². The number of carbonyl (C=O) groups excluding carboxylic acids is 1. The van der Waals surface area contributed by atoms with Crippen LogP contribution in [0.15, 0.2) is 4.99 Å². The Morgan fingerprint density at radius 3 is 2.54 bits per heavy atom. The molecule has 1 aliphatic heterocycles. The third-order valence-corrected chi connectivity index (χ3v) is 5.87. The van der Waals surface area contributed by atoms with Crippen molar-refractivity contribution in [1.29, 1.82) is 0 Å². The number of nitrogens with one attached hydrogen (secondary N) is 2. The van der Waals surface area contributed by atoms with Crippen LogP contribution in [-0.2, 0) is 11.2 Å². The lowest BCUT2D eigenvalue weighted by molar-refractivity contribution is -0.130. The first-order valence-corrected chi connectivity index (χ1v) is 10.6. The number of amides is 1. The second-order valence-electron chi connectivity index (χ2n) is 7.24. The minimum Gasteiger partial charge on any atom is -0.357 e. The molecule has 1 aromatic heterocycles. The molecule has 7 nitrogen and oxygen atoms in total. The summed E-state index contributed by atoms with van der Waals surface area (Å²) in [6.07, 6.45) is 2.98. The monoisotopic (exact) mass is 522 g/mol. The van der Waals surface area contributed by atoms with Gasteiger partial charge in [0.05, 0.1) is 17.2 Å². The summed E-state index contributed by atoms with van der Waals surface area (Å²) in [5, 5.41) is 8.03. The largest absolute Gasteiger partial charge is 0.357 e. The number of aliphatic imine (C=N–C) groups is 1. The number of likely N-dealkylation sites (N-methyl/N-ethyl adjacent to an activating group) is 1. The molecule has 1 aliphatic rings. The number of guanidine groups is 1. The molecule has 0 aromatic carbocycles. The van der Waals surface area contributed by atoms with Gasteiger partial charge < -0.3 is 15.5 Å². The molecule has 0 atom stereocenters. The van der Waals surface area contributed by atoms with Crippen molar-refractivity contribution in [2.45, 2.75) is 46.1 Å². The van der Waals surface area contributed by atoms with E-state index in [0.717, 1.165) is 62.1 Å². The second kappa shape index (κ2) is 12.6. The Morgan fingerprint density at radius 2 is 2.00 bits per heavy atom. The molecule has 1 amide bonds. The second-order valence-corrected chi connectivity index (χ2v) is 8.52. The van der Waals surface area contributed by atoms with Gasteiger partial charge in [-0.1, -0.05) is 0 Å². The lowest BCUT2D eigenvalue weighted by atomic mass is 10.1. The third kappa shape index (κ3) is 8.20. The van der Waals surface area contributed by atoms with Crippen LogP contribution in [0.25, 0.3) is 0 Å². The predicted molar refractivity (Wildman–Crippen MR) is 128 cm³/mol. The van der Waals surface area contributed by atoms with E-state index in [2.05, 4.69) is 41.3 Å². The number of nitrogens with zero attached hydrogens (tertiary/aromatic N) is 4. The molecule has 2 N–H and O–H groups in total. The molecule has 0 unspecified atom stereocenters. The molecule has 160 valence electrons. The average Bonchev–Trinajstić information content (AvgIpc) is 2.94. The highest BCUT2D eigenvalue weighted by molar-refractivity contribution is 14.0. The van der Waals surface area contributed by atoms with Gasteiger partial charge in [-0.2, -0.15) is 0 Å². The fourth-order valence-electron chi connectivity index (χ4n) is 3.16. The third-order valence-electron chi connectivity index (χ3n) is 4.74. The van der Waals surface area contributed by atoms with Crippen LogP contribution in [0.1, 0.15) is 35.3 Å². The fraction of sp³-hybridized carbons (Fsp3) is 0.737. The predicted octanol–water partition coefficient (Wildman–Crippen LogP) is 2.03. The van der Waals surface area contributed by atoms with Gasteiger partial charge in [-0.15, -0.1) is 35.3 Å². The van der Waals surface area contributed by atoms with Crippen molar-refractivity contribution in [3.8, 4) is 0 Å². The Kier molecular flexibility index (Phi) is 11.3. The first kappa shape index (κ1) is 25.1. The SMILES string of the molecule is CCNC(=NCCc1sc(C)nc1C)NC1CCN(CC(=O)N(C)C)CC1.I. The van der Waals surface area contributed by atoms with Crippen LogP contribution in [0.5, 0.6) is 0 Å². The van der Waals surface area contributed by atoms with Gasteiger partial charge in [-0.05, 0) is 33.6 Å². The molecule has 0 aliphatic carbocycles. The van der Waals surface area contributed by atoms with Crippen LogP contribution in [0, 0.1) is 13.8 Å². The number of halogens is 1. The molecule has 1 fully saturated rings. The van der Waals surface area contributed by atoms with Crippen molar-refractivity contribution in [2.24, 2.45) is 4.99 Å². The van der Waals surface area contributed by atoms with E-state index in [-0.39, 0.29) is 29.9 Å². The van der Waals surface area contributed by atoms with E-state index in [4.69, 9.17) is 4.99 Å². The van der Waals surface area contributed by atoms with Gasteiger partial charge in [0.2, 0.25) is 5.91 Å². The number of carbonyl (C=O) groups is 1. The Bertz CT molecular complexity index is 640. The van der Waals surface area contributed by atoms with E-state index >= 15 is 0 Å². The van der Waals surface area contributed by atoms with E-state index in [0.29, 0.717) is 12.6 Å². The summed E-state index contributed by atoms with van der Waals surface area (Å²) in [4.78, 5) is 26.3. The minimum absolute atomic E-state index is 0. The van der Waals surface area contributed by atoms with E-state index in [1.54, 1.807) is 16.2 Å². The quantitative estimate of drug-likeness (QED) is 0.326. The molecule has 0 saturated carbocycles. The highest BCUT2D eigenvalue weighted by atomic mass is 127. The molecule has 9 heteroatoms. The van der Waals surface area contributed by atoms with Crippen molar-refractivity contribution in [3.05, 3.63) is 15.6 Å². The number of rotatable bonds is 7. The van der Waals surface area contributed by atoms with E-state index in [1.165, 1.54) is 4.88 Å². The van der Waals surface area contributed by atoms with Gasteiger partial charge in [-0.3, -0.25) is 14.7 Å². The molecular weight excluding hydrogens is 487 g/mol. The average molecular weight is 523 g/mol. The number of hydrogen-bond donors (Lipinski definition) is 2. The van der Waals surface area contributed by atoms with E-state index in [9.17, 15) is 4.79 Å². The molecular formula is C19H35IN6OS. The van der Waals surface area contributed by atoms with Crippen LogP contribution < -0.4 is 10.6 Å². The number of likely N-dealkylation sites (tertiary alicyclic amines) is 1. The molecule has 0 radical (unpaired) electrons. The molecule has 2 heterocycles. The first-order chi connectivity index (χ1) is 12.9. The van der Waals surface area contributed by atoms with Gasteiger partial charge in [0.25, 0.3) is 0 Å². The normalized spacial score (nSPS) is 15.8. The van der Waals surface area contributed by atoms with Gasteiger partial charge in [-0.25, -0.2) is 4.98 Å². The summed E-state index contributed by atoms with van der Waals surface area (Å²) in [6.45, 7) is 10.2. The molecule has 1 aromatic rings. The number of aromatic nitrogens is 1. The minimum atomic E-state index is 0. The topological polar surface area (TPSA) is 72.9 Å². The summed E-state index contributed by atoms with van der Waals surface area (Å²) in [5.41, 5.74) is 1.13.